The molecular weight excluding hydrogens is 248 g/mol. The van der Waals surface area contributed by atoms with Crippen molar-refractivity contribution >= 4 is 5.91 Å². The van der Waals surface area contributed by atoms with Gasteiger partial charge in [-0.2, -0.15) is 0 Å². The van der Waals surface area contributed by atoms with Crippen molar-refractivity contribution in [1.29, 1.82) is 0 Å². The number of rotatable bonds is 4. The second-order valence-corrected chi connectivity index (χ2v) is 6.06. The molecule has 0 aliphatic carbocycles. The highest BCUT2D eigenvalue weighted by molar-refractivity contribution is 5.78. The Morgan fingerprint density at radius 3 is 2.60 bits per heavy atom. The molecule has 1 aromatic rings. The van der Waals surface area contributed by atoms with Gasteiger partial charge in [-0.3, -0.25) is 4.79 Å². The molecule has 2 atom stereocenters. The monoisotopic (exact) mass is 274 g/mol. The fourth-order valence-corrected chi connectivity index (χ4v) is 2.89. The third-order valence-electron chi connectivity index (χ3n) is 4.12. The second kappa shape index (κ2) is 6.89. The first-order valence-electron chi connectivity index (χ1n) is 7.67. The molecule has 2 unspecified atom stereocenters. The molecule has 2 rings (SSSR count). The fraction of sp³-hybridized carbons (Fsp3) is 0.588. The van der Waals surface area contributed by atoms with Crippen LogP contribution in [0.1, 0.15) is 38.7 Å². The minimum atomic E-state index is 0.0576. The van der Waals surface area contributed by atoms with E-state index in [4.69, 9.17) is 0 Å². The lowest BCUT2D eigenvalue weighted by Crippen LogP contribution is -2.50. The van der Waals surface area contributed by atoms with E-state index in [1.165, 1.54) is 5.56 Å². The molecular formula is C17H26N2O. The molecule has 0 saturated carbocycles. The highest BCUT2D eigenvalue weighted by atomic mass is 16.1. The third kappa shape index (κ3) is 3.83. The van der Waals surface area contributed by atoms with Crippen LogP contribution in [0, 0.1) is 5.92 Å². The Labute approximate surface area is 122 Å². The van der Waals surface area contributed by atoms with Crippen molar-refractivity contribution in [1.82, 2.24) is 10.2 Å². The Bertz CT molecular complexity index is 430. The van der Waals surface area contributed by atoms with Crippen molar-refractivity contribution in [2.45, 2.75) is 39.2 Å². The van der Waals surface area contributed by atoms with E-state index in [0.717, 1.165) is 26.1 Å². The maximum atomic E-state index is 11.9. The summed E-state index contributed by atoms with van der Waals surface area (Å²) in [4.78, 5) is 14.4. The molecule has 0 aromatic heterocycles. The molecule has 1 aliphatic heterocycles. The summed E-state index contributed by atoms with van der Waals surface area (Å²) >= 11 is 0. The third-order valence-corrected chi connectivity index (χ3v) is 4.12. The van der Waals surface area contributed by atoms with E-state index in [1.54, 1.807) is 0 Å². The number of amides is 1. The molecule has 1 aliphatic rings. The van der Waals surface area contributed by atoms with E-state index >= 15 is 0 Å². The maximum absolute atomic E-state index is 11.9. The van der Waals surface area contributed by atoms with Gasteiger partial charge in [0.1, 0.15) is 0 Å². The van der Waals surface area contributed by atoms with E-state index in [0.29, 0.717) is 5.92 Å². The van der Waals surface area contributed by atoms with Crippen LogP contribution in [0.5, 0.6) is 0 Å². The predicted octanol–water partition coefficient (Wildman–Crippen LogP) is 2.64. The minimum Gasteiger partial charge on any atom is -0.352 e. The Morgan fingerprint density at radius 1 is 1.30 bits per heavy atom. The molecule has 1 saturated heterocycles. The molecule has 1 aromatic carbocycles. The van der Waals surface area contributed by atoms with Crippen molar-refractivity contribution in [2.24, 2.45) is 5.92 Å². The predicted molar refractivity (Wildman–Crippen MR) is 82.7 cm³/mol. The highest BCUT2D eigenvalue weighted by Gasteiger charge is 2.28. The number of likely N-dealkylation sites (N-methyl/N-ethyl adjacent to an activating group) is 1. The molecule has 110 valence electrons. The summed E-state index contributed by atoms with van der Waals surface area (Å²) in [6.45, 7) is 9.19. The van der Waals surface area contributed by atoms with Gasteiger partial charge in [0.2, 0.25) is 5.91 Å². The average Bonchev–Trinajstić information content (AvgIpc) is 2.47. The standard InChI is InChI=1S/C17H26N2O/c1-4-19-11-15(14-8-6-5-7-9-14)10-16(12-19)18-17(20)13(2)3/h5-9,13,15-16H,4,10-12H2,1-3H3,(H,18,20). The first kappa shape index (κ1) is 15.0. The number of benzene rings is 1. The van der Waals surface area contributed by atoms with Crippen LogP contribution < -0.4 is 5.32 Å². The largest absolute Gasteiger partial charge is 0.352 e. The first-order valence-corrected chi connectivity index (χ1v) is 7.67. The van der Waals surface area contributed by atoms with Gasteiger partial charge in [-0.05, 0) is 24.4 Å². The molecule has 1 N–H and O–H groups in total. The summed E-state index contributed by atoms with van der Waals surface area (Å²) < 4.78 is 0. The van der Waals surface area contributed by atoms with Crippen molar-refractivity contribution in [3.05, 3.63) is 35.9 Å². The van der Waals surface area contributed by atoms with Gasteiger partial charge in [0.25, 0.3) is 0 Å². The van der Waals surface area contributed by atoms with Crippen LogP contribution in [-0.4, -0.2) is 36.5 Å². The highest BCUT2D eigenvalue weighted by Crippen LogP contribution is 2.27. The number of nitrogens with one attached hydrogen (secondary N) is 1. The number of nitrogens with zero attached hydrogens (tertiary/aromatic N) is 1. The lowest BCUT2D eigenvalue weighted by atomic mass is 9.88. The number of carbonyl (C=O) groups is 1. The number of hydrogen-bond acceptors (Lipinski definition) is 2. The number of piperidine rings is 1. The summed E-state index contributed by atoms with van der Waals surface area (Å²) in [7, 11) is 0. The summed E-state index contributed by atoms with van der Waals surface area (Å²) in [6, 6.07) is 10.9. The van der Waals surface area contributed by atoms with Crippen LogP contribution in [0.2, 0.25) is 0 Å². The molecule has 1 amide bonds. The van der Waals surface area contributed by atoms with Gasteiger partial charge in [0.15, 0.2) is 0 Å². The topological polar surface area (TPSA) is 32.3 Å². The minimum absolute atomic E-state index is 0.0576. The fourth-order valence-electron chi connectivity index (χ4n) is 2.89. The van der Waals surface area contributed by atoms with Gasteiger partial charge in [-0.15, -0.1) is 0 Å². The second-order valence-electron chi connectivity index (χ2n) is 6.06. The molecule has 3 nitrogen and oxygen atoms in total. The summed E-state index contributed by atoms with van der Waals surface area (Å²) in [5, 5.41) is 3.20. The van der Waals surface area contributed by atoms with Crippen LogP contribution in [0.15, 0.2) is 30.3 Å². The molecule has 0 radical (unpaired) electrons. The Kier molecular flexibility index (Phi) is 5.18. The molecule has 0 spiro atoms. The van der Waals surface area contributed by atoms with Gasteiger partial charge < -0.3 is 10.2 Å². The zero-order valence-corrected chi connectivity index (χ0v) is 12.8. The van der Waals surface area contributed by atoms with Crippen molar-refractivity contribution in [2.75, 3.05) is 19.6 Å². The van der Waals surface area contributed by atoms with Crippen LogP contribution in [0.3, 0.4) is 0 Å². The zero-order chi connectivity index (χ0) is 14.5. The smallest absolute Gasteiger partial charge is 0.222 e. The van der Waals surface area contributed by atoms with Gasteiger partial charge >= 0.3 is 0 Å². The zero-order valence-electron chi connectivity index (χ0n) is 12.8. The van der Waals surface area contributed by atoms with Gasteiger partial charge in [-0.1, -0.05) is 51.1 Å². The van der Waals surface area contributed by atoms with Crippen LogP contribution in [-0.2, 0) is 4.79 Å². The normalized spacial score (nSPS) is 23.8. The van der Waals surface area contributed by atoms with Gasteiger partial charge in [-0.25, -0.2) is 0 Å². The first-order chi connectivity index (χ1) is 9.60. The lowest BCUT2D eigenvalue weighted by Gasteiger charge is -2.38. The van der Waals surface area contributed by atoms with Gasteiger partial charge in [0.05, 0.1) is 0 Å². The van der Waals surface area contributed by atoms with Gasteiger partial charge in [0, 0.05) is 25.0 Å². The summed E-state index contributed by atoms with van der Waals surface area (Å²) in [5.41, 5.74) is 1.38. The maximum Gasteiger partial charge on any atom is 0.222 e. The van der Waals surface area contributed by atoms with Crippen LogP contribution in [0.25, 0.3) is 0 Å². The SMILES string of the molecule is CCN1CC(NC(=O)C(C)C)CC(c2ccccc2)C1. The van der Waals surface area contributed by atoms with Crippen molar-refractivity contribution in [3.63, 3.8) is 0 Å². The average molecular weight is 274 g/mol. The lowest BCUT2D eigenvalue weighted by molar-refractivity contribution is -0.125. The van der Waals surface area contributed by atoms with E-state index in [9.17, 15) is 4.79 Å². The van der Waals surface area contributed by atoms with Crippen molar-refractivity contribution < 1.29 is 4.79 Å². The number of carbonyl (C=O) groups excluding carboxylic acids is 1. The van der Waals surface area contributed by atoms with Crippen LogP contribution >= 0.6 is 0 Å². The molecule has 1 heterocycles. The molecule has 0 bridgehead atoms. The number of hydrogen-bond donors (Lipinski definition) is 1. The van der Waals surface area contributed by atoms with E-state index in [-0.39, 0.29) is 17.9 Å². The Morgan fingerprint density at radius 2 is 2.00 bits per heavy atom. The van der Waals surface area contributed by atoms with Crippen molar-refractivity contribution in [3.8, 4) is 0 Å². The Hall–Kier alpha value is -1.35. The quantitative estimate of drug-likeness (QED) is 0.915. The molecule has 20 heavy (non-hydrogen) atoms. The summed E-state index contributed by atoms with van der Waals surface area (Å²) in [5.74, 6) is 0.740. The molecule has 1 fully saturated rings. The van der Waals surface area contributed by atoms with E-state index in [1.807, 2.05) is 13.8 Å². The summed E-state index contributed by atoms with van der Waals surface area (Å²) in [6.07, 6.45) is 1.04. The number of likely N-dealkylation sites (tertiary alicyclic amines) is 1. The van der Waals surface area contributed by atoms with Crippen LogP contribution in [0.4, 0.5) is 0 Å². The van der Waals surface area contributed by atoms with E-state index < -0.39 is 0 Å². The Balaban J connectivity index is 2.05. The van der Waals surface area contributed by atoms with E-state index in [2.05, 4.69) is 47.5 Å². The molecule has 3 heteroatoms.